The van der Waals surface area contributed by atoms with Gasteiger partial charge < -0.3 is 15.6 Å². The molecule has 2 heterocycles. The van der Waals surface area contributed by atoms with E-state index in [0.717, 1.165) is 35.2 Å². The van der Waals surface area contributed by atoms with Crippen molar-refractivity contribution in [3.63, 3.8) is 0 Å². The van der Waals surface area contributed by atoms with Crippen molar-refractivity contribution in [1.82, 2.24) is 15.0 Å². The topological polar surface area (TPSA) is 82.7 Å². The van der Waals surface area contributed by atoms with E-state index in [1.807, 2.05) is 19.2 Å². The minimum absolute atomic E-state index is 0.0439. The average Bonchev–Trinajstić information content (AvgIpc) is 2.82. The van der Waals surface area contributed by atoms with Crippen molar-refractivity contribution in [3.05, 3.63) is 26.8 Å². The number of thiazole rings is 1. The SMILES string of the molecule is CCNc1cc(NCc2csc(=O)[nH]2)nc(SC)n1. The third kappa shape index (κ3) is 3.97. The minimum atomic E-state index is -0.0439. The van der Waals surface area contributed by atoms with Crippen LogP contribution < -0.4 is 15.5 Å². The first-order valence-electron chi connectivity index (χ1n) is 5.78. The number of aromatic nitrogens is 3. The van der Waals surface area contributed by atoms with Gasteiger partial charge in [-0.1, -0.05) is 23.1 Å². The number of nitrogens with zero attached hydrogens (tertiary/aromatic N) is 2. The van der Waals surface area contributed by atoms with Crippen molar-refractivity contribution in [2.75, 3.05) is 23.4 Å². The van der Waals surface area contributed by atoms with E-state index >= 15 is 0 Å². The number of hydrogen-bond acceptors (Lipinski definition) is 7. The largest absolute Gasteiger partial charge is 0.370 e. The normalized spacial score (nSPS) is 10.4. The van der Waals surface area contributed by atoms with E-state index < -0.39 is 0 Å². The van der Waals surface area contributed by atoms with Crippen LogP contribution in [-0.4, -0.2) is 27.8 Å². The van der Waals surface area contributed by atoms with E-state index in [4.69, 9.17) is 0 Å². The zero-order valence-corrected chi connectivity index (χ0v) is 12.3. The number of aromatic amines is 1. The molecule has 0 radical (unpaired) electrons. The van der Waals surface area contributed by atoms with Gasteiger partial charge in [0.2, 0.25) is 0 Å². The van der Waals surface area contributed by atoms with Gasteiger partial charge in [0, 0.05) is 23.7 Å². The quantitative estimate of drug-likeness (QED) is 0.559. The Bertz CT molecular complexity index is 595. The van der Waals surface area contributed by atoms with Crippen LogP contribution in [0.2, 0.25) is 0 Å². The van der Waals surface area contributed by atoms with Crippen LogP contribution in [0.4, 0.5) is 11.6 Å². The van der Waals surface area contributed by atoms with E-state index in [1.165, 1.54) is 11.8 Å². The molecule has 0 unspecified atom stereocenters. The summed E-state index contributed by atoms with van der Waals surface area (Å²) in [5.41, 5.74) is 0.851. The van der Waals surface area contributed by atoms with Gasteiger partial charge in [0.15, 0.2) is 5.16 Å². The third-order valence-corrected chi connectivity index (χ3v) is 3.54. The van der Waals surface area contributed by atoms with E-state index in [1.54, 1.807) is 5.38 Å². The van der Waals surface area contributed by atoms with Crippen molar-refractivity contribution >= 4 is 34.7 Å². The molecule has 0 bridgehead atoms. The summed E-state index contributed by atoms with van der Waals surface area (Å²) in [5.74, 6) is 1.53. The molecule has 0 aliphatic carbocycles. The predicted molar refractivity (Wildman–Crippen MR) is 80.2 cm³/mol. The first kappa shape index (κ1) is 13.9. The summed E-state index contributed by atoms with van der Waals surface area (Å²) in [7, 11) is 0. The van der Waals surface area contributed by atoms with Gasteiger partial charge in [0.05, 0.1) is 6.54 Å². The van der Waals surface area contributed by atoms with Crippen LogP contribution in [0.5, 0.6) is 0 Å². The van der Waals surface area contributed by atoms with Crippen molar-refractivity contribution in [3.8, 4) is 0 Å². The lowest BCUT2D eigenvalue weighted by molar-refractivity contribution is 0.943. The lowest BCUT2D eigenvalue weighted by atomic mass is 10.4. The van der Waals surface area contributed by atoms with Crippen LogP contribution in [0.3, 0.4) is 0 Å². The first-order chi connectivity index (χ1) is 9.21. The van der Waals surface area contributed by atoms with E-state index in [0.29, 0.717) is 11.7 Å². The Morgan fingerprint density at radius 2 is 2.11 bits per heavy atom. The van der Waals surface area contributed by atoms with Gasteiger partial charge in [-0.25, -0.2) is 9.97 Å². The van der Waals surface area contributed by atoms with Crippen LogP contribution in [-0.2, 0) is 6.54 Å². The van der Waals surface area contributed by atoms with Crippen molar-refractivity contribution in [2.45, 2.75) is 18.6 Å². The molecule has 0 spiro atoms. The fourth-order valence-electron chi connectivity index (χ4n) is 1.46. The standard InChI is InChI=1S/C11H15N5OS2/c1-3-12-8-4-9(16-10(15-8)18-2)13-5-7-6-19-11(17)14-7/h4,6H,3,5H2,1-2H3,(H,14,17)(H2,12,13,15,16). The van der Waals surface area contributed by atoms with Crippen molar-refractivity contribution in [2.24, 2.45) is 0 Å². The number of thioether (sulfide) groups is 1. The Balaban J connectivity index is 2.10. The summed E-state index contributed by atoms with van der Waals surface area (Å²) < 4.78 is 0. The van der Waals surface area contributed by atoms with Crippen LogP contribution in [0.25, 0.3) is 0 Å². The molecule has 0 fully saturated rings. The van der Waals surface area contributed by atoms with Gasteiger partial charge in [-0.05, 0) is 13.2 Å². The molecule has 102 valence electrons. The monoisotopic (exact) mass is 297 g/mol. The van der Waals surface area contributed by atoms with Crippen LogP contribution in [0.1, 0.15) is 12.6 Å². The zero-order chi connectivity index (χ0) is 13.7. The van der Waals surface area contributed by atoms with Crippen molar-refractivity contribution in [1.29, 1.82) is 0 Å². The molecule has 0 amide bonds. The summed E-state index contributed by atoms with van der Waals surface area (Å²) in [6.07, 6.45) is 1.94. The van der Waals surface area contributed by atoms with Gasteiger partial charge >= 0.3 is 4.87 Å². The molecule has 2 aromatic rings. The fraction of sp³-hybridized carbons (Fsp3) is 0.364. The molecule has 8 heteroatoms. The number of anilines is 2. The van der Waals surface area contributed by atoms with E-state index in [9.17, 15) is 4.79 Å². The zero-order valence-electron chi connectivity index (χ0n) is 10.7. The second-order valence-electron chi connectivity index (χ2n) is 3.68. The number of rotatable bonds is 6. The average molecular weight is 297 g/mol. The molecule has 2 aromatic heterocycles. The second kappa shape index (κ2) is 6.58. The van der Waals surface area contributed by atoms with E-state index in [2.05, 4.69) is 25.6 Å². The Hall–Kier alpha value is -1.54. The predicted octanol–water partition coefficient (Wildman–Crippen LogP) is 1.99. The minimum Gasteiger partial charge on any atom is -0.370 e. The van der Waals surface area contributed by atoms with Gasteiger partial charge in [0.1, 0.15) is 11.6 Å². The van der Waals surface area contributed by atoms with Crippen LogP contribution in [0, 0.1) is 0 Å². The van der Waals surface area contributed by atoms with Gasteiger partial charge in [0.25, 0.3) is 0 Å². The lowest BCUT2D eigenvalue weighted by Gasteiger charge is -2.08. The molecule has 2 rings (SSSR count). The fourth-order valence-corrected chi connectivity index (χ4v) is 2.43. The summed E-state index contributed by atoms with van der Waals surface area (Å²) >= 11 is 2.65. The molecular weight excluding hydrogens is 282 g/mol. The van der Waals surface area contributed by atoms with Crippen LogP contribution >= 0.6 is 23.1 Å². The first-order valence-corrected chi connectivity index (χ1v) is 7.89. The lowest BCUT2D eigenvalue weighted by Crippen LogP contribution is -2.07. The van der Waals surface area contributed by atoms with E-state index in [-0.39, 0.29) is 4.87 Å². The van der Waals surface area contributed by atoms with Gasteiger partial charge in [-0.3, -0.25) is 4.79 Å². The maximum absolute atomic E-state index is 11.0. The third-order valence-electron chi connectivity index (χ3n) is 2.28. The Morgan fingerprint density at radius 3 is 2.68 bits per heavy atom. The van der Waals surface area contributed by atoms with Crippen LogP contribution in [0.15, 0.2) is 21.4 Å². The molecule has 3 N–H and O–H groups in total. The molecule has 0 aliphatic rings. The van der Waals surface area contributed by atoms with Gasteiger partial charge in [-0.2, -0.15) is 0 Å². The molecule has 0 saturated carbocycles. The highest BCUT2D eigenvalue weighted by molar-refractivity contribution is 7.98. The highest BCUT2D eigenvalue weighted by Gasteiger charge is 2.04. The van der Waals surface area contributed by atoms with Crippen molar-refractivity contribution < 1.29 is 0 Å². The Morgan fingerprint density at radius 1 is 1.37 bits per heavy atom. The Kier molecular flexibility index (Phi) is 4.80. The highest BCUT2D eigenvalue weighted by Crippen LogP contribution is 2.17. The number of nitrogens with one attached hydrogen (secondary N) is 3. The molecule has 19 heavy (non-hydrogen) atoms. The maximum Gasteiger partial charge on any atom is 0.304 e. The molecule has 0 saturated heterocycles. The molecule has 0 atom stereocenters. The number of hydrogen-bond donors (Lipinski definition) is 3. The molecule has 6 nitrogen and oxygen atoms in total. The molecule has 0 aromatic carbocycles. The summed E-state index contributed by atoms with van der Waals surface area (Å²) in [4.78, 5) is 22.5. The summed E-state index contributed by atoms with van der Waals surface area (Å²) in [6, 6.07) is 1.85. The highest BCUT2D eigenvalue weighted by atomic mass is 32.2. The maximum atomic E-state index is 11.0. The summed E-state index contributed by atoms with van der Waals surface area (Å²) in [5, 5.41) is 8.86. The van der Waals surface area contributed by atoms with Gasteiger partial charge in [-0.15, -0.1) is 0 Å². The Labute approximate surface area is 119 Å². The molecular formula is C11H15N5OS2. The number of H-pyrrole nitrogens is 1. The second-order valence-corrected chi connectivity index (χ2v) is 5.30. The molecule has 0 aliphatic heterocycles. The summed E-state index contributed by atoms with van der Waals surface area (Å²) in [6.45, 7) is 3.36. The smallest absolute Gasteiger partial charge is 0.304 e.